The molecule has 2 amide bonds. The monoisotopic (exact) mass is 769 g/mol. The first-order valence-corrected chi connectivity index (χ1v) is 18.6. The second-order valence-electron chi connectivity index (χ2n) is 13.7. The lowest BCUT2D eigenvalue weighted by Crippen LogP contribution is -2.42. The Labute approximate surface area is 323 Å². The van der Waals surface area contributed by atoms with Crippen molar-refractivity contribution in [3.63, 3.8) is 0 Å². The molecule has 0 radical (unpaired) electrons. The molecule has 0 bridgehead atoms. The van der Waals surface area contributed by atoms with E-state index in [1.54, 1.807) is 56.6 Å². The number of fused-ring (bicyclic) bond motifs is 1. The zero-order valence-corrected chi connectivity index (χ0v) is 31.5. The summed E-state index contributed by atoms with van der Waals surface area (Å²) in [5.74, 6) is 1.68. The van der Waals surface area contributed by atoms with E-state index in [0.717, 1.165) is 22.6 Å². The minimum atomic E-state index is -1.19. The van der Waals surface area contributed by atoms with Crippen molar-refractivity contribution in [1.29, 1.82) is 0 Å². The Morgan fingerprint density at radius 2 is 1.62 bits per heavy atom. The fourth-order valence-electron chi connectivity index (χ4n) is 7.34. The van der Waals surface area contributed by atoms with E-state index in [1.807, 2.05) is 53.4 Å². The van der Waals surface area contributed by atoms with Crippen molar-refractivity contribution in [2.75, 3.05) is 44.1 Å². The Morgan fingerprint density at radius 1 is 0.964 bits per heavy atom. The molecule has 288 valence electrons. The predicted octanol–water partition coefficient (Wildman–Crippen LogP) is 3.92. The number of pyridine rings is 1. The average Bonchev–Trinajstić information content (AvgIpc) is 3.96. The summed E-state index contributed by atoms with van der Waals surface area (Å²) >= 11 is 6.65. The van der Waals surface area contributed by atoms with Gasteiger partial charge in [0.25, 0.3) is 5.91 Å². The van der Waals surface area contributed by atoms with Crippen molar-refractivity contribution >= 4 is 46.5 Å². The summed E-state index contributed by atoms with van der Waals surface area (Å²) in [7, 11) is 3.26. The molecule has 1 aliphatic carbocycles. The standard InChI is InChI=1S/C39H44ClN9O6/c1-4-32(50)44-30-19-31(35(52)34(30)51)48-22-43-33-36(42-20-29(23-5-9-27(54-2)10-6-23)24-7-11-28(55-3)12-8-24)45-39(46-37(33)48)47-18-15-26(21-47)49(40)38(53)25-13-16-41-17-14-25/h5-14,16-17,22,26,29-31,34-35,51-52H,4,15,18-21H2,1-3H3,(H,44,50)(H,42,45,46)/t26-,30+,31-,34-,35+/m1/s1. The fraction of sp³-hybridized carbons (Fsp3) is 0.385. The lowest BCUT2D eigenvalue weighted by atomic mass is 9.91. The number of carbonyl (C=O) groups is 2. The van der Waals surface area contributed by atoms with Crippen molar-refractivity contribution in [3.8, 4) is 11.5 Å². The van der Waals surface area contributed by atoms with Crippen molar-refractivity contribution in [2.45, 2.75) is 62.4 Å². The van der Waals surface area contributed by atoms with Crippen molar-refractivity contribution in [1.82, 2.24) is 34.2 Å². The minimum absolute atomic E-state index is 0.123. The summed E-state index contributed by atoms with van der Waals surface area (Å²) in [4.78, 5) is 46.1. The Balaban J connectivity index is 1.23. The molecular formula is C39H44ClN9O6. The number of hydrogen-bond donors (Lipinski definition) is 4. The maximum absolute atomic E-state index is 13.2. The van der Waals surface area contributed by atoms with Gasteiger partial charge in [0.1, 0.15) is 23.7 Å². The average molecular weight is 770 g/mol. The van der Waals surface area contributed by atoms with Gasteiger partial charge in [0, 0.05) is 61.7 Å². The Morgan fingerprint density at radius 3 is 2.24 bits per heavy atom. The van der Waals surface area contributed by atoms with Gasteiger partial charge in [-0.1, -0.05) is 31.2 Å². The number of hydrogen-bond acceptors (Lipinski definition) is 12. The number of anilines is 2. The molecule has 1 saturated heterocycles. The van der Waals surface area contributed by atoms with Crippen molar-refractivity contribution in [3.05, 3.63) is 96.1 Å². The van der Waals surface area contributed by atoms with E-state index in [1.165, 1.54) is 4.42 Å². The van der Waals surface area contributed by atoms with E-state index >= 15 is 0 Å². The summed E-state index contributed by atoms with van der Waals surface area (Å²) in [5.41, 5.74) is 3.43. The third-order valence-corrected chi connectivity index (χ3v) is 10.9. The van der Waals surface area contributed by atoms with Crippen molar-refractivity contribution < 1.29 is 29.3 Å². The van der Waals surface area contributed by atoms with Crippen LogP contribution in [0.4, 0.5) is 11.8 Å². The smallest absolute Gasteiger partial charge is 0.268 e. The Hall–Kier alpha value is -5.51. The topological polar surface area (TPSA) is 180 Å². The van der Waals surface area contributed by atoms with Gasteiger partial charge in [-0.25, -0.2) is 9.40 Å². The molecule has 4 N–H and O–H groups in total. The number of nitrogens with zero attached hydrogens (tertiary/aromatic N) is 7. The normalized spacial score (nSPS) is 20.9. The van der Waals surface area contributed by atoms with Crippen LogP contribution in [0.15, 0.2) is 79.4 Å². The van der Waals surface area contributed by atoms with Gasteiger partial charge in [0.15, 0.2) is 17.0 Å². The van der Waals surface area contributed by atoms with E-state index in [0.29, 0.717) is 54.5 Å². The second-order valence-corrected chi connectivity index (χ2v) is 14.1. The van der Waals surface area contributed by atoms with Gasteiger partial charge < -0.3 is 39.8 Å². The summed E-state index contributed by atoms with van der Waals surface area (Å²) in [6.45, 7) is 3.05. The van der Waals surface area contributed by atoms with Crippen LogP contribution in [0.1, 0.15) is 59.6 Å². The molecule has 0 unspecified atom stereocenters. The zero-order valence-electron chi connectivity index (χ0n) is 30.7. The SMILES string of the molecule is CCC(=O)N[C@H]1C[C@@H](n2cnc3c(NCC(c4ccc(OC)cc4)c4ccc(OC)cc4)nc(N4CC[C@@H](N(Cl)C(=O)c5ccncc5)C4)nc32)[C@H](O)[C@@H]1O. The number of aliphatic hydroxyl groups is 2. The number of amides is 2. The van der Waals surface area contributed by atoms with Crippen LogP contribution in [0.5, 0.6) is 11.5 Å². The van der Waals surface area contributed by atoms with Crippen LogP contribution in [0.2, 0.25) is 0 Å². The highest BCUT2D eigenvalue weighted by molar-refractivity contribution is 6.24. The molecule has 4 heterocycles. The number of aliphatic hydroxyl groups excluding tert-OH is 2. The van der Waals surface area contributed by atoms with Gasteiger partial charge >= 0.3 is 0 Å². The number of ether oxygens (including phenoxy) is 2. The van der Waals surface area contributed by atoms with Crippen LogP contribution in [0.25, 0.3) is 11.2 Å². The largest absolute Gasteiger partial charge is 0.497 e. The maximum atomic E-state index is 13.2. The lowest BCUT2D eigenvalue weighted by molar-refractivity contribution is -0.122. The van der Waals surface area contributed by atoms with E-state index in [4.69, 9.17) is 36.2 Å². The highest BCUT2D eigenvalue weighted by Gasteiger charge is 2.44. The number of halogens is 1. The van der Waals surface area contributed by atoms with Gasteiger partial charge in [0.05, 0.1) is 38.7 Å². The van der Waals surface area contributed by atoms with Gasteiger partial charge in [-0.05, 0) is 60.4 Å². The van der Waals surface area contributed by atoms with E-state index in [9.17, 15) is 19.8 Å². The summed E-state index contributed by atoms with van der Waals surface area (Å²) in [6.07, 6.45) is 3.41. The summed E-state index contributed by atoms with van der Waals surface area (Å²) in [5, 5.41) is 28.6. The van der Waals surface area contributed by atoms with Crippen LogP contribution in [0.3, 0.4) is 0 Å². The van der Waals surface area contributed by atoms with Crippen molar-refractivity contribution in [2.24, 2.45) is 0 Å². The first-order chi connectivity index (χ1) is 26.7. The summed E-state index contributed by atoms with van der Waals surface area (Å²) < 4.78 is 13.8. The van der Waals surface area contributed by atoms with Gasteiger partial charge in [-0.15, -0.1) is 0 Å². The Kier molecular flexibility index (Phi) is 11.3. The predicted molar refractivity (Wildman–Crippen MR) is 206 cm³/mol. The third-order valence-electron chi connectivity index (χ3n) is 10.5. The Bertz CT molecular complexity index is 2060. The molecular weight excluding hydrogens is 726 g/mol. The molecule has 0 spiro atoms. The molecule has 16 heteroatoms. The number of aromatic nitrogens is 5. The molecule has 2 aliphatic rings. The lowest BCUT2D eigenvalue weighted by Gasteiger charge is -2.23. The molecule has 15 nitrogen and oxygen atoms in total. The van der Waals surface area contributed by atoms with E-state index < -0.39 is 24.3 Å². The minimum Gasteiger partial charge on any atom is -0.497 e. The molecule has 5 atom stereocenters. The molecule has 1 saturated carbocycles. The molecule has 7 rings (SSSR count). The molecule has 55 heavy (non-hydrogen) atoms. The van der Waals surface area contributed by atoms with E-state index in [2.05, 4.69) is 15.6 Å². The third kappa shape index (κ3) is 7.86. The fourth-order valence-corrected chi connectivity index (χ4v) is 7.60. The molecule has 5 aromatic rings. The summed E-state index contributed by atoms with van der Waals surface area (Å²) in [6, 6.07) is 17.5. The molecule has 3 aromatic heterocycles. The van der Waals surface area contributed by atoms with Gasteiger partial charge in [-0.2, -0.15) is 9.97 Å². The number of benzene rings is 2. The van der Waals surface area contributed by atoms with Gasteiger partial charge in [0.2, 0.25) is 11.9 Å². The number of nitrogens with one attached hydrogen (secondary N) is 2. The zero-order chi connectivity index (χ0) is 38.6. The van der Waals surface area contributed by atoms with Crippen LogP contribution in [-0.2, 0) is 4.79 Å². The van der Waals surface area contributed by atoms with Crippen LogP contribution >= 0.6 is 11.8 Å². The molecule has 2 fully saturated rings. The number of imidazole rings is 1. The highest BCUT2D eigenvalue weighted by atomic mass is 35.5. The van der Waals surface area contributed by atoms with Crippen LogP contribution < -0.4 is 25.0 Å². The highest BCUT2D eigenvalue weighted by Crippen LogP contribution is 2.36. The number of carbonyl (C=O) groups excluding carboxylic acids is 2. The quantitative estimate of drug-likeness (QED) is 0.127. The second kappa shape index (κ2) is 16.5. The van der Waals surface area contributed by atoms with Crippen LogP contribution in [0, 0.1) is 0 Å². The van der Waals surface area contributed by atoms with Crippen LogP contribution in [-0.4, -0.2) is 109 Å². The first kappa shape index (κ1) is 37.8. The maximum Gasteiger partial charge on any atom is 0.268 e. The molecule has 1 aliphatic heterocycles. The molecule has 2 aromatic carbocycles. The van der Waals surface area contributed by atoms with E-state index in [-0.39, 0.29) is 36.6 Å². The first-order valence-electron chi connectivity index (χ1n) is 18.2. The number of rotatable bonds is 13. The van der Waals surface area contributed by atoms with Gasteiger partial charge in [-0.3, -0.25) is 14.6 Å². The number of methoxy groups -OCH3 is 2.